The Morgan fingerprint density at radius 3 is 2.42 bits per heavy atom. The van der Waals surface area contributed by atoms with Crippen molar-refractivity contribution in [3.8, 4) is 0 Å². The van der Waals surface area contributed by atoms with Crippen molar-refractivity contribution >= 4 is 21.6 Å². The Bertz CT molecular complexity index is 907. The maximum Gasteiger partial charge on any atom is 0.251 e. The van der Waals surface area contributed by atoms with Gasteiger partial charge in [-0.2, -0.15) is 0 Å². The van der Waals surface area contributed by atoms with E-state index in [1.807, 2.05) is 32.9 Å². The van der Waals surface area contributed by atoms with Gasteiger partial charge >= 0.3 is 0 Å². The fourth-order valence-corrected chi connectivity index (χ4v) is 3.39. The van der Waals surface area contributed by atoms with Crippen molar-refractivity contribution in [2.75, 3.05) is 17.6 Å². The highest BCUT2D eigenvalue weighted by Crippen LogP contribution is 2.23. The first-order chi connectivity index (χ1) is 12.1. The molecule has 0 radical (unpaired) electrons. The second-order valence-electron chi connectivity index (χ2n) is 6.58. The van der Waals surface area contributed by atoms with Crippen LogP contribution in [0.15, 0.2) is 42.5 Å². The van der Waals surface area contributed by atoms with Gasteiger partial charge in [-0.05, 0) is 49.6 Å². The second kappa shape index (κ2) is 7.91. The Morgan fingerprint density at radius 2 is 1.85 bits per heavy atom. The number of amides is 1. The van der Waals surface area contributed by atoms with Gasteiger partial charge in [-0.3, -0.25) is 9.10 Å². The van der Waals surface area contributed by atoms with E-state index in [0.29, 0.717) is 11.3 Å². The van der Waals surface area contributed by atoms with E-state index in [4.69, 9.17) is 0 Å². The van der Waals surface area contributed by atoms with Crippen molar-refractivity contribution in [2.24, 2.45) is 0 Å². The van der Waals surface area contributed by atoms with Crippen LogP contribution in [0.2, 0.25) is 0 Å². The maximum absolute atomic E-state index is 12.7. The highest BCUT2D eigenvalue weighted by Gasteiger charge is 2.18. The van der Waals surface area contributed by atoms with Gasteiger partial charge in [0.1, 0.15) is 0 Å². The number of aryl methyl sites for hydroxylation is 2. The predicted molar refractivity (Wildman–Crippen MR) is 106 cm³/mol. The average molecular weight is 375 g/mol. The number of hydrogen-bond donors (Lipinski definition) is 1. The number of nitrogens with one attached hydrogen (secondary N) is 1. The molecular formula is C20H26N2O3S. The number of carbonyl (C=O) groups excluding carboxylic acids is 1. The van der Waals surface area contributed by atoms with Crippen molar-refractivity contribution in [3.63, 3.8) is 0 Å². The quantitative estimate of drug-likeness (QED) is 0.840. The van der Waals surface area contributed by atoms with Crippen molar-refractivity contribution in [3.05, 3.63) is 64.7 Å². The van der Waals surface area contributed by atoms with Crippen LogP contribution in [-0.2, 0) is 10.0 Å². The summed E-state index contributed by atoms with van der Waals surface area (Å²) in [6, 6.07) is 12.7. The Hall–Kier alpha value is -2.34. The van der Waals surface area contributed by atoms with Crippen molar-refractivity contribution < 1.29 is 13.2 Å². The van der Waals surface area contributed by atoms with Crippen LogP contribution >= 0.6 is 0 Å². The Labute approximate surface area is 156 Å². The molecule has 0 aliphatic heterocycles. The summed E-state index contributed by atoms with van der Waals surface area (Å²) in [5, 5.41) is 3.06. The van der Waals surface area contributed by atoms with E-state index < -0.39 is 10.0 Å². The minimum Gasteiger partial charge on any atom is -0.345 e. The zero-order chi connectivity index (χ0) is 19.5. The second-order valence-corrected chi connectivity index (χ2v) is 8.59. The molecule has 0 aromatic heterocycles. The van der Waals surface area contributed by atoms with Gasteiger partial charge in [0.25, 0.3) is 5.91 Å². The van der Waals surface area contributed by atoms with Crippen molar-refractivity contribution in [2.45, 2.75) is 33.2 Å². The van der Waals surface area contributed by atoms with E-state index in [1.54, 1.807) is 24.3 Å². The molecule has 0 spiro atoms. The third kappa shape index (κ3) is 4.64. The Kier molecular flexibility index (Phi) is 6.08. The summed E-state index contributed by atoms with van der Waals surface area (Å²) in [7, 11) is -1.91. The normalized spacial score (nSPS) is 12.5. The summed E-state index contributed by atoms with van der Waals surface area (Å²) in [4.78, 5) is 12.7. The number of hydrogen-bond acceptors (Lipinski definition) is 3. The molecule has 1 amide bonds. The van der Waals surface area contributed by atoms with E-state index in [0.717, 1.165) is 28.1 Å². The van der Waals surface area contributed by atoms with E-state index in [-0.39, 0.29) is 11.9 Å². The van der Waals surface area contributed by atoms with Crippen LogP contribution in [-0.4, -0.2) is 27.6 Å². The molecule has 140 valence electrons. The lowest BCUT2D eigenvalue weighted by molar-refractivity contribution is 0.0935. The molecule has 0 saturated carbocycles. The van der Waals surface area contributed by atoms with Crippen molar-refractivity contribution in [1.82, 2.24) is 5.32 Å². The van der Waals surface area contributed by atoms with Crippen LogP contribution in [0.25, 0.3) is 0 Å². The minimum atomic E-state index is -3.38. The number of carbonyl (C=O) groups is 1. The molecule has 2 aromatic rings. The smallest absolute Gasteiger partial charge is 0.251 e. The molecule has 0 heterocycles. The fraction of sp³-hybridized carbons (Fsp3) is 0.350. The predicted octanol–water partition coefficient (Wildman–Crippen LogP) is 3.58. The van der Waals surface area contributed by atoms with Crippen LogP contribution in [0.1, 0.15) is 46.4 Å². The van der Waals surface area contributed by atoms with Gasteiger partial charge < -0.3 is 5.32 Å². The summed E-state index contributed by atoms with van der Waals surface area (Å²) in [5.74, 6) is -0.222. The fourth-order valence-electron chi connectivity index (χ4n) is 2.89. The van der Waals surface area contributed by atoms with E-state index in [9.17, 15) is 13.2 Å². The Morgan fingerprint density at radius 1 is 1.15 bits per heavy atom. The number of nitrogens with zero attached hydrogens (tertiary/aromatic N) is 1. The molecule has 26 heavy (non-hydrogen) atoms. The molecule has 6 heteroatoms. The number of benzene rings is 2. The molecule has 2 aromatic carbocycles. The van der Waals surface area contributed by atoms with Gasteiger partial charge in [-0.15, -0.1) is 0 Å². The summed E-state index contributed by atoms with van der Waals surface area (Å²) in [6.45, 7) is 6.11. The average Bonchev–Trinajstić information content (AvgIpc) is 2.58. The third-order valence-corrected chi connectivity index (χ3v) is 5.69. The molecule has 0 aliphatic rings. The van der Waals surface area contributed by atoms with Crippen LogP contribution < -0.4 is 9.62 Å². The zero-order valence-corrected chi connectivity index (χ0v) is 16.7. The van der Waals surface area contributed by atoms with Gasteiger partial charge in [0, 0.05) is 12.6 Å². The zero-order valence-electron chi connectivity index (χ0n) is 15.9. The topological polar surface area (TPSA) is 66.5 Å². The SMILES string of the molecule is CC[C@@H](NC(=O)c1cccc(N(C)S(C)(=O)=O)c1)c1ccc(C)cc1C. The molecule has 0 bridgehead atoms. The number of rotatable bonds is 6. The Balaban J connectivity index is 2.26. The monoisotopic (exact) mass is 374 g/mol. The van der Waals surface area contributed by atoms with Crippen molar-refractivity contribution in [1.29, 1.82) is 0 Å². The summed E-state index contributed by atoms with van der Waals surface area (Å²) < 4.78 is 24.6. The van der Waals surface area contributed by atoms with Gasteiger partial charge in [0.05, 0.1) is 18.0 Å². The minimum absolute atomic E-state index is 0.0978. The first-order valence-corrected chi connectivity index (χ1v) is 10.4. The van der Waals surface area contributed by atoms with Crippen LogP contribution in [0.4, 0.5) is 5.69 Å². The lowest BCUT2D eigenvalue weighted by Gasteiger charge is -2.21. The summed E-state index contributed by atoms with van der Waals surface area (Å²) >= 11 is 0. The molecular weight excluding hydrogens is 348 g/mol. The lowest BCUT2D eigenvalue weighted by atomic mass is 9.97. The first-order valence-electron chi connectivity index (χ1n) is 8.55. The molecule has 2 rings (SSSR count). The molecule has 0 fully saturated rings. The number of anilines is 1. The van der Waals surface area contributed by atoms with Crippen LogP contribution in [0.5, 0.6) is 0 Å². The third-order valence-electron chi connectivity index (χ3n) is 4.48. The molecule has 0 saturated heterocycles. The highest BCUT2D eigenvalue weighted by atomic mass is 32.2. The van der Waals surface area contributed by atoms with E-state index in [1.165, 1.54) is 12.6 Å². The molecule has 0 aliphatic carbocycles. The maximum atomic E-state index is 12.7. The molecule has 1 N–H and O–H groups in total. The molecule has 5 nitrogen and oxygen atoms in total. The van der Waals surface area contributed by atoms with E-state index in [2.05, 4.69) is 11.4 Å². The van der Waals surface area contributed by atoms with E-state index >= 15 is 0 Å². The van der Waals surface area contributed by atoms with Gasteiger partial charge in [-0.1, -0.05) is 36.8 Å². The van der Waals surface area contributed by atoms with Gasteiger partial charge in [0.15, 0.2) is 0 Å². The summed E-state index contributed by atoms with van der Waals surface area (Å²) in [5.41, 5.74) is 4.31. The largest absolute Gasteiger partial charge is 0.345 e. The highest BCUT2D eigenvalue weighted by molar-refractivity contribution is 7.92. The number of sulfonamides is 1. The van der Waals surface area contributed by atoms with Crippen LogP contribution in [0, 0.1) is 13.8 Å². The standard InChI is InChI=1S/C20H26N2O3S/c1-6-19(18-11-10-14(2)12-15(18)3)21-20(23)16-8-7-9-17(13-16)22(4)26(5,24)25/h7-13,19H,6H2,1-5H3,(H,21,23)/t19-/m1/s1. The summed E-state index contributed by atoms with van der Waals surface area (Å²) in [6.07, 6.45) is 1.89. The van der Waals surface area contributed by atoms with Gasteiger partial charge in [-0.25, -0.2) is 8.42 Å². The lowest BCUT2D eigenvalue weighted by Crippen LogP contribution is -2.29. The first kappa shape index (κ1) is 20.0. The molecule has 1 atom stereocenters. The molecule has 0 unspecified atom stereocenters. The van der Waals surface area contributed by atoms with Crippen LogP contribution in [0.3, 0.4) is 0 Å². The van der Waals surface area contributed by atoms with Gasteiger partial charge in [0.2, 0.25) is 10.0 Å².